The zero-order valence-corrected chi connectivity index (χ0v) is 13.7. The summed E-state index contributed by atoms with van der Waals surface area (Å²) in [6.07, 6.45) is 6.14. The summed E-state index contributed by atoms with van der Waals surface area (Å²) in [5, 5.41) is 0. The van der Waals surface area contributed by atoms with Crippen molar-refractivity contribution < 1.29 is 4.42 Å². The van der Waals surface area contributed by atoms with Gasteiger partial charge in [0.25, 0.3) is 0 Å². The van der Waals surface area contributed by atoms with Gasteiger partial charge < -0.3 is 9.32 Å². The number of fused-ring (bicyclic) bond motifs is 2. The Hall–Kier alpha value is -1.87. The van der Waals surface area contributed by atoms with E-state index < -0.39 is 0 Å². The van der Waals surface area contributed by atoms with Crippen LogP contribution in [0.15, 0.2) is 34.8 Å². The van der Waals surface area contributed by atoms with Crippen LogP contribution in [0.3, 0.4) is 0 Å². The minimum atomic E-state index is 0.847. The van der Waals surface area contributed by atoms with Crippen LogP contribution in [0.2, 0.25) is 0 Å². The largest absolute Gasteiger partial charge is 0.445 e. The summed E-state index contributed by atoms with van der Waals surface area (Å²) in [5.74, 6) is 1.90. The summed E-state index contributed by atoms with van der Waals surface area (Å²) in [7, 11) is 4.21. The molecule has 0 bridgehead atoms. The Labute approximate surface area is 132 Å². The number of aromatic nitrogens is 1. The molecule has 0 unspecified atom stereocenters. The Kier molecular flexibility index (Phi) is 4.44. The average molecular weight is 296 g/mol. The number of hydrogen-bond donors (Lipinski definition) is 0. The van der Waals surface area contributed by atoms with E-state index in [4.69, 9.17) is 9.40 Å². The van der Waals surface area contributed by atoms with Crippen LogP contribution in [0, 0.1) is 0 Å². The molecular formula is C19H24N2O. The van der Waals surface area contributed by atoms with Crippen LogP contribution in [0.25, 0.3) is 5.57 Å². The minimum absolute atomic E-state index is 0.847. The highest BCUT2D eigenvalue weighted by molar-refractivity contribution is 5.81. The zero-order chi connectivity index (χ0) is 15.5. The molecular weight excluding hydrogens is 272 g/mol. The van der Waals surface area contributed by atoms with Gasteiger partial charge in [0.15, 0.2) is 5.89 Å². The van der Waals surface area contributed by atoms with E-state index in [2.05, 4.69) is 56.3 Å². The Morgan fingerprint density at radius 3 is 2.82 bits per heavy atom. The molecule has 0 saturated carbocycles. The van der Waals surface area contributed by atoms with E-state index in [-0.39, 0.29) is 0 Å². The van der Waals surface area contributed by atoms with Crippen molar-refractivity contribution >= 4 is 5.57 Å². The molecule has 1 aromatic heterocycles. The third-order valence-corrected chi connectivity index (χ3v) is 4.15. The smallest absolute Gasteiger partial charge is 0.194 e. The van der Waals surface area contributed by atoms with Crippen molar-refractivity contribution in [3.63, 3.8) is 0 Å². The van der Waals surface area contributed by atoms with E-state index in [0.29, 0.717) is 0 Å². The van der Waals surface area contributed by atoms with Crippen molar-refractivity contribution in [2.45, 2.75) is 32.6 Å². The number of nitrogens with zero attached hydrogens (tertiary/aromatic N) is 2. The number of aryl methyl sites for hydroxylation is 3. The van der Waals surface area contributed by atoms with Crippen LogP contribution in [-0.4, -0.2) is 30.5 Å². The standard InChI is InChI=1S/C19H24N2O/c1-4-18-20-19-16(10-7-13-21(2)3)15-9-6-5-8-14(15)11-12-17(19)22-18/h5-6,8-10H,4,7,11-13H2,1-3H3/b16-10-. The van der Waals surface area contributed by atoms with Crippen molar-refractivity contribution in [2.75, 3.05) is 20.6 Å². The second-order valence-electron chi connectivity index (χ2n) is 6.10. The van der Waals surface area contributed by atoms with E-state index in [1.165, 1.54) is 16.7 Å². The molecule has 1 aliphatic carbocycles. The summed E-state index contributed by atoms with van der Waals surface area (Å²) >= 11 is 0. The monoisotopic (exact) mass is 296 g/mol. The van der Waals surface area contributed by atoms with Gasteiger partial charge in [0.05, 0.1) is 0 Å². The Bertz CT molecular complexity index is 682. The SMILES string of the molecule is CCc1nc2c(o1)CCc1ccccc1/C2=C/CCN(C)C. The van der Waals surface area contributed by atoms with E-state index in [1.54, 1.807) is 0 Å². The average Bonchev–Trinajstić information content (AvgIpc) is 2.87. The van der Waals surface area contributed by atoms with Crippen LogP contribution in [0.1, 0.15) is 41.8 Å². The third-order valence-electron chi connectivity index (χ3n) is 4.15. The summed E-state index contributed by atoms with van der Waals surface area (Å²) < 4.78 is 5.96. The molecule has 1 aliphatic rings. The summed E-state index contributed by atoms with van der Waals surface area (Å²) in [6.45, 7) is 3.13. The molecule has 0 saturated heterocycles. The van der Waals surface area contributed by atoms with Gasteiger partial charge >= 0.3 is 0 Å². The second-order valence-corrected chi connectivity index (χ2v) is 6.10. The first kappa shape index (κ1) is 15.0. The van der Waals surface area contributed by atoms with Gasteiger partial charge in [0, 0.05) is 25.0 Å². The molecule has 3 heteroatoms. The maximum atomic E-state index is 5.96. The summed E-state index contributed by atoms with van der Waals surface area (Å²) in [5.41, 5.74) is 5.01. The fourth-order valence-corrected chi connectivity index (χ4v) is 2.98. The Morgan fingerprint density at radius 2 is 2.05 bits per heavy atom. The lowest BCUT2D eigenvalue weighted by atomic mass is 9.97. The molecule has 0 atom stereocenters. The van der Waals surface area contributed by atoms with Gasteiger partial charge in [0.1, 0.15) is 11.5 Å². The first-order chi connectivity index (χ1) is 10.7. The van der Waals surface area contributed by atoms with Crippen molar-refractivity contribution in [1.82, 2.24) is 9.88 Å². The Balaban J connectivity index is 2.06. The summed E-state index contributed by atoms with van der Waals surface area (Å²) in [6, 6.07) is 8.67. The van der Waals surface area contributed by atoms with Gasteiger partial charge in [-0.2, -0.15) is 0 Å². The number of benzene rings is 1. The van der Waals surface area contributed by atoms with Gasteiger partial charge in [-0.05, 0) is 38.1 Å². The minimum Gasteiger partial charge on any atom is -0.445 e. The molecule has 0 amide bonds. The van der Waals surface area contributed by atoms with Crippen molar-refractivity contribution in [3.05, 3.63) is 58.8 Å². The van der Waals surface area contributed by atoms with Gasteiger partial charge in [-0.25, -0.2) is 4.98 Å². The molecule has 2 aromatic rings. The highest BCUT2D eigenvalue weighted by atomic mass is 16.4. The second kappa shape index (κ2) is 6.49. The molecule has 0 fully saturated rings. The quantitative estimate of drug-likeness (QED) is 0.861. The molecule has 0 N–H and O–H groups in total. The number of hydrogen-bond acceptors (Lipinski definition) is 3. The van der Waals surface area contributed by atoms with Crippen molar-refractivity contribution in [2.24, 2.45) is 0 Å². The molecule has 0 aliphatic heterocycles. The van der Waals surface area contributed by atoms with Gasteiger partial charge in [-0.1, -0.05) is 37.3 Å². The lowest BCUT2D eigenvalue weighted by molar-refractivity contribution is 0.417. The molecule has 1 heterocycles. The van der Waals surface area contributed by atoms with Crippen LogP contribution in [-0.2, 0) is 19.3 Å². The summed E-state index contributed by atoms with van der Waals surface area (Å²) in [4.78, 5) is 6.97. The van der Waals surface area contributed by atoms with E-state index in [9.17, 15) is 0 Å². The predicted molar refractivity (Wildman–Crippen MR) is 90.0 cm³/mol. The topological polar surface area (TPSA) is 29.3 Å². The number of oxazole rings is 1. The van der Waals surface area contributed by atoms with Crippen molar-refractivity contribution in [3.8, 4) is 0 Å². The van der Waals surface area contributed by atoms with E-state index >= 15 is 0 Å². The molecule has 0 spiro atoms. The third kappa shape index (κ3) is 3.00. The van der Waals surface area contributed by atoms with Crippen LogP contribution in [0.4, 0.5) is 0 Å². The lowest BCUT2D eigenvalue weighted by Gasteiger charge is -2.10. The van der Waals surface area contributed by atoms with Gasteiger partial charge in [-0.15, -0.1) is 0 Å². The first-order valence-corrected chi connectivity index (χ1v) is 8.11. The van der Waals surface area contributed by atoms with Crippen LogP contribution >= 0.6 is 0 Å². The number of rotatable bonds is 4. The molecule has 1 aromatic carbocycles. The zero-order valence-electron chi connectivity index (χ0n) is 13.7. The molecule has 3 rings (SSSR count). The van der Waals surface area contributed by atoms with Crippen molar-refractivity contribution in [1.29, 1.82) is 0 Å². The highest BCUT2D eigenvalue weighted by Gasteiger charge is 2.22. The van der Waals surface area contributed by atoms with Gasteiger partial charge in [0.2, 0.25) is 0 Å². The molecule has 22 heavy (non-hydrogen) atoms. The van der Waals surface area contributed by atoms with E-state index in [0.717, 1.165) is 49.6 Å². The first-order valence-electron chi connectivity index (χ1n) is 8.11. The normalized spacial score (nSPS) is 15.7. The molecule has 116 valence electrons. The molecule has 3 nitrogen and oxygen atoms in total. The maximum Gasteiger partial charge on any atom is 0.194 e. The Morgan fingerprint density at radius 1 is 1.23 bits per heavy atom. The van der Waals surface area contributed by atoms with Gasteiger partial charge in [-0.3, -0.25) is 0 Å². The predicted octanol–water partition coefficient (Wildman–Crippen LogP) is 3.72. The van der Waals surface area contributed by atoms with Crippen LogP contribution < -0.4 is 0 Å². The lowest BCUT2D eigenvalue weighted by Crippen LogP contribution is -2.12. The van der Waals surface area contributed by atoms with Crippen LogP contribution in [0.5, 0.6) is 0 Å². The fourth-order valence-electron chi connectivity index (χ4n) is 2.98. The highest BCUT2D eigenvalue weighted by Crippen LogP contribution is 2.33. The fraction of sp³-hybridized carbons (Fsp3) is 0.421. The maximum absolute atomic E-state index is 5.96. The molecule has 0 radical (unpaired) electrons. The van der Waals surface area contributed by atoms with E-state index in [1.807, 2.05) is 0 Å².